The van der Waals surface area contributed by atoms with E-state index in [1.807, 2.05) is 0 Å². The molecule has 1 aliphatic rings. The van der Waals surface area contributed by atoms with Gasteiger partial charge in [0, 0.05) is 12.3 Å². The summed E-state index contributed by atoms with van der Waals surface area (Å²) in [5.41, 5.74) is 0. The molecule has 0 bridgehead atoms. The fourth-order valence-electron chi connectivity index (χ4n) is 2.52. The molecular weight excluding hydrogens is 172 g/mol. The molecule has 0 amide bonds. The van der Waals surface area contributed by atoms with Crippen molar-refractivity contribution < 1.29 is 4.79 Å². The molecule has 1 heteroatoms. The first-order valence-electron chi connectivity index (χ1n) is 6.16. The molecule has 0 spiro atoms. The average molecular weight is 196 g/mol. The molecule has 0 saturated heterocycles. The highest BCUT2D eigenvalue weighted by molar-refractivity contribution is 5.81. The second kappa shape index (κ2) is 5.53. The quantitative estimate of drug-likeness (QED) is 0.668. The zero-order chi connectivity index (χ0) is 10.6. The van der Waals surface area contributed by atoms with Crippen LogP contribution in [0.2, 0.25) is 0 Å². The standard InChI is InChI=1S/C13H24O/c1-4-11-6-5-7-12(9-11)13(14)8-10(2)3/h10-12H,4-9H2,1-3H3. The second-order valence-electron chi connectivity index (χ2n) is 5.20. The van der Waals surface area contributed by atoms with Crippen LogP contribution in [0.5, 0.6) is 0 Å². The minimum absolute atomic E-state index is 0.399. The molecule has 1 rings (SSSR count). The number of hydrogen-bond donors (Lipinski definition) is 0. The molecule has 1 fully saturated rings. The van der Waals surface area contributed by atoms with Crippen LogP contribution in [0.25, 0.3) is 0 Å². The van der Waals surface area contributed by atoms with Crippen LogP contribution in [0, 0.1) is 17.8 Å². The highest BCUT2D eigenvalue weighted by Gasteiger charge is 2.26. The van der Waals surface area contributed by atoms with Gasteiger partial charge in [-0.3, -0.25) is 4.79 Å². The molecule has 14 heavy (non-hydrogen) atoms. The minimum Gasteiger partial charge on any atom is -0.299 e. The third-order valence-corrected chi connectivity index (χ3v) is 3.42. The first-order chi connectivity index (χ1) is 6.63. The van der Waals surface area contributed by atoms with E-state index in [1.54, 1.807) is 0 Å². The summed E-state index contributed by atoms with van der Waals surface area (Å²) >= 11 is 0. The van der Waals surface area contributed by atoms with Crippen molar-refractivity contribution in [3.8, 4) is 0 Å². The predicted molar refractivity (Wildman–Crippen MR) is 60.2 cm³/mol. The van der Waals surface area contributed by atoms with E-state index in [9.17, 15) is 4.79 Å². The lowest BCUT2D eigenvalue weighted by Gasteiger charge is -2.27. The highest BCUT2D eigenvalue weighted by atomic mass is 16.1. The molecular formula is C13H24O. The highest BCUT2D eigenvalue weighted by Crippen LogP contribution is 2.32. The third-order valence-electron chi connectivity index (χ3n) is 3.42. The number of rotatable bonds is 4. The second-order valence-corrected chi connectivity index (χ2v) is 5.20. The maximum Gasteiger partial charge on any atom is 0.136 e. The van der Waals surface area contributed by atoms with E-state index < -0.39 is 0 Å². The first-order valence-corrected chi connectivity index (χ1v) is 6.16. The third kappa shape index (κ3) is 3.43. The summed E-state index contributed by atoms with van der Waals surface area (Å²) in [4.78, 5) is 11.9. The van der Waals surface area contributed by atoms with Crippen molar-refractivity contribution in [3.63, 3.8) is 0 Å². The molecule has 0 aromatic rings. The van der Waals surface area contributed by atoms with Gasteiger partial charge >= 0.3 is 0 Å². The Balaban J connectivity index is 2.39. The fourth-order valence-corrected chi connectivity index (χ4v) is 2.52. The molecule has 2 unspecified atom stereocenters. The Morgan fingerprint density at radius 3 is 2.64 bits per heavy atom. The number of hydrogen-bond acceptors (Lipinski definition) is 1. The number of carbonyl (C=O) groups is 1. The molecule has 1 nitrogen and oxygen atoms in total. The van der Waals surface area contributed by atoms with E-state index in [-0.39, 0.29) is 0 Å². The fraction of sp³-hybridized carbons (Fsp3) is 0.923. The van der Waals surface area contributed by atoms with Crippen LogP contribution in [0.15, 0.2) is 0 Å². The van der Waals surface area contributed by atoms with Crippen LogP contribution in [0.4, 0.5) is 0 Å². The lowest BCUT2D eigenvalue weighted by atomic mass is 9.77. The van der Waals surface area contributed by atoms with Crippen molar-refractivity contribution >= 4 is 5.78 Å². The molecule has 0 aromatic carbocycles. The molecule has 0 aliphatic heterocycles. The molecule has 0 radical (unpaired) electrons. The normalized spacial score (nSPS) is 28.0. The van der Waals surface area contributed by atoms with Crippen LogP contribution in [0.1, 0.15) is 59.3 Å². The van der Waals surface area contributed by atoms with Gasteiger partial charge in [-0.05, 0) is 24.7 Å². The van der Waals surface area contributed by atoms with Crippen molar-refractivity contribution in [3.05, 3.63) is 0 Å². The van der Waals surface area contributed by atoms with Gasteiger partial charge in [0.05, 0.1) is 0 Å². The molecule has 0 aromatic heterocycles. The summed E-state index contributed by atoms with van der Waals surface area (Å²) in [7, 11) is 0. The van der Waals surface area contributed by atoms with Gasteiger partial charge in [-0.2, -0.15) is 0 Å². The summed E-state index contributed by atoms with van der Waals surface area (Å²) in [6.45, 7) is 6.52. The summed E-state index contributed by atoms with van der Waals surface area (Å²) in [5, 5.41) is 0. The van der Waals surface area contributed by atoms with E-state index in [1.165, 1.54) is 25.7 Å². The number of carbonyl (C=O) groups excluding carboxylic acids is 1. The zero-order valence-electron chi connectivity index (χ0n) is 9.88. The van der Waals surface area contributed by atoms with Crippen LogP contribution < -0.4 is 0 Å². The van der Waals surface area contributed by atoms with Crippen molar-refractivity contribution in [2.45, 2.75) is 59.3 Å². The Bertz CT molecular complexity index is 184. The van der Waals surface area contributed by atoms with Gasteiger partial charge in [0.1, 0.15) is 5.78 Å². The molecule has 0 N–H and O–H groups in total. The van der Waals surface area contributed by atoms with Gasteiger partial charge in [0.15, 0.2) is 0 Å². The van der Waals surface area contributed by atoms with E-state index in [0.717, 1.165) is 18.8 Å². The monoisotopic (exact) mass is 196 g/mol. The number of Topliss-reactive ketones (excluding diaryl/α,β-unsaturated/α-hetero) is 1. The lowest BCUT2D eigenvalue weighted by Crippen LogP contribution is -2.23. The Labute approximate surface area is 88.3 Å². The number of ketones is 1. The van der Waals surface area contributed by atoms with Crippen LogP contribution in [0.3, 0.4) is 0 Å². The van der Waals surface area contributed by atoms with E-state index >= 15 is 0 Å². The minimum atomic E-state index is 0.399. The summed E-state index contributed by atoms with van der Waals surface area (Å²) in [5.74, 6) is 2.28. The Morgan fingerprint density at radius 1 is 1.36 bits per heavy atom. The largest absolute Gasteiger partial charge is 0.299 e. The SMILES string of the molecule is CCC1CCCC(C(=O)CC(C)C)C1. The Morgan fingerprint density at radius 2 is 2.07 bits per heavy atom. The van der Waals surface area contributed by atoms with Gasteiger partial charge in [-0.25, -0.2) is 0 Å². The first kappa shape index (κ1) is 11.7. The maximum atomic E-state index is 11.9. The molecule has 1 saturated carbocycles. The molecule has 1 aliphatic carbocycles. The van der Waals surface area contributed by atoms with E-state index in [4.69, 9.17) is 0 Å². The molecule has 82 valence electrons. The van der Waals surface area contributed by atoms with Crippen LogP contribution in [-0.4, -0.2) is 5.78 Å². The van der Waals surface area contributed by atoms with E-state index in [0.29, 0.717) is 17.6 Å². The Kier molecular flexibility index (Phi) is 4.64. The van der Waals surface area contributed by atoms with Gasteiger partial charge in [0.25, 0.3) is 0 Å². The van der Waals surface area contributed by atoms with Gasteiger partial charge in [-0.15, -0.1) is 0 Å². The van der Waals surface area contributed by atoms with Gasteiger partial charge in [0.2, 0.25) is 0 Å². The summed E-state index contributed by atoms with van der Waals surface area (Å²) in [6.07, 6.45) is 6.99. The van der Waals surface area contributed by atoms with Crippen molar-refractivity contribution in [2.75, 3.05) is 0 Å². The Hall–Kier alpha value is -0.330. The maximum absolute atomic E-state index is 11.9. The average Bonchev–Trinajstić information content (AvgIpc) is 2.17. The molecule has 0 heterocycles. The van der Waals surface area contributed by atoms with Crippen molar-refractivity contribution in [1.82, 2.24) is 0 Å². The summed E-state index contributed by atoms with van der Waals surface area (Å²) < 4.78 is 0. The van der Waals surface area contributed by atoms with Crippen molar-refractivity contribution in [1.29, 1.82) is 0 Å². The zero-order valence-corrected chi connectivity index (χ0v) is 9.88. The van der Waals surface area contributed by atoms with Crippen molar-refractivity contribution in [2.24, 2.45) is 17.8 Å². The van der Waals surface area contributed by atoms with Crippen LogP contribution in [-0.2, 0) is 4.79 Å². The lowest BCUT2D eigenvalue weighted by molar-refractivity contribution is -0.125. The van der Waals surface area contributed by atoms with Crippen LogP contribution >= 0.6 is 0 Å². The van der Waals surface area contributed by atoms with Gasteiger partial charge in [-0.1, -0.05) is 40.0 Å². The molecule has 2 atom stereocenters. The van der Waals surface area contributed by atoms with E-state index in [2.05, 4.69) is 20.8 Å². The summed E-state index contributed by atoms with van der Waals surface area (Å²) in [6, 6.07) is 0. The predicted octanol–water partition coefficient (Wildman–Crippen LogP) is 3.82. The topological polar surface area (TPSA) is 17.1 Å². The smallest absolute Gasteiger partial charge is 0.136 e. The van der Waals surface area contributed by atoms with Gasteiger partial charge < -0.3 is 0 Å².